The third kappa shape index (κ3) is 4.67. The number of carbonyl (C=O) groups excluding carboxylic acids is 1. The molecule has 0 aliphatic heterocycles. The lowest BCUT2D eigenvalue weighted by molar-refractivity contribution is -0.141. The molecule has 0 aliphatic rings. The van der Waals surface area contributed by atoms with Crippen molar-refractivity contribution in [3.05, 3.63) is 78.1 Å². The van der Waals surface area contributed by atoms with Crippen LogP contribution in [0.15, 0.2) is 65.8 Å². The number of benzene rings is 2. The monoisotopic (exact) mass is 360 g/mol. The van der Waals surface area contributed by atoms with E-state index in [2.05, 4.69) is 5.10 Å². The summed E-state index contributed by atoms with van der Waals surface area (Å²) in [6.07, 6.45) is 3.53. The van der Waals surface area contributed by atoms with Crippen molar-refractivity contribution in [3.8, 4) is 5.69 Å². The smallest absolute Gasteiger partial charge is 0.316 e. The SMILES string of the molecule is O=C(CSc1ccc(F)cc1F)OCc1ccc(-n2cccn2)cc1. The minimum atomic E-state index is -0.688. The molecule has 0 unspecified atom stereocenters. The Kier molecular flexibility index (Phi) is 5.45. The molecule has 7 heteroatoms. The predicted molar refractivity (Wildman–Crippen MR) is 90.4 cm³/mol. The predicted octanol–water partition coefficient (Wildman–Crippen LogP) is 3.99. The molecule has 2 aromatic carbocycles. The zero-order chi connectivity index (χ0) is 17.6. The maximum Gasteiger partial charge on any atom is 0.316 e. The number of carbonyl (C=O) groups is 1. The summed E-state index contributed by atoms with van der Waals surface area (Å²) >= 11 is 0.972. The van der Waals surface area contributed by atoms with Crippen molar-refractivity contribution in [2.75, 3.05) is 5.75 Å². The van der Waals surface area contributed by atoms with Crippen molar-refractivity contribution < 1.29 is 18.3 Å². The number of hydrogen-bond acceptors (Lipinski definition) is 4. The summed E-state index contributed by atoms with van der Waals surface area (Å²) in [5.41, 5.74) is 1.74. The highest BCUT2D eigenvalue weighted by Crippen LogP contribution is 2.22. The third-order valence-corrected chi connectivity index (χ3v) is 4.37. The zero-order valence-electron chi connectivity index (χ0n) is 13.1. The summed E-state index contributed by atoms with van der Waals surface area (Å²) in [4.78, 5) is 12.0. The molecule has 3 rings (SSSR count). The van der Waals surface area contributed by atoms with E-state index < -0.39 is 17.6 Å². The number of rotatable bonds is 6. The number of thioether (sulfide) groups is 1. The van der Waals surface area contributed by atoms with Gasteiger partial charge in [0.2, 0.25) is 0 Å². The molecular formula is C18H14F2N2O2S. The molecule has 0 fully saturated rings. The van der Waals surface area contributed by atoms with Gasteiger partial charge >= 0.3 is 5.97 Å². The largest absolute Gasteiger partial charge is 0.460 e. The molecule has 0 saturated heterocycles. The number of hydrogen-bond donors (Lipinski definition) is 0. The first-order valence-corrected chi connectivity index (χ1v) is 8.43. The Labute approximate surface area is 147 Å². The van der Waals surface area contributed by atoms with E-state index in [0.29, 0.717) is 0 Å². The minimum Gasteiger partial charge on any atom is -0.460 e. The van der Waals surface area contributed by atoms with Crippen LogP contribution in [-0.2, 0) is 16.1 Å². The molecule has 0 N–H and O–H groups in total. The van der Waals surface area contributed by atoms with Gasteiger partial charge in [0.15, 0.2) is 0 Å². The molecular weight excluding hydrogens is 346 g/mol. The van der Waals surface area contributed by atoms with Gasteiger partial charge in [0.25, 0.3) is 0 Å². The highest BCUT2D eigenvalue weighted by molar-refractivity contribution is 8.00. The Balaban J connectivity index is 1.49. The molecule has 0 spiro atoms. The molecule has 1 aromatic heterocycles. The van der Waals surface area contributed by atoms with Crippen molar-refractivity contribution >= 4 is 17.7 Å². The van der Waals surface area contributed by atoms with E-state index in [1.54, 1.807) is 10.9 Å². The molecule has 3 aromatic rings. The minimum absolute atomic E-state index is 0.0477. The van der Waals surface area contributed by atoms with Crippen LogP contribution in [-0.4, -0.2) is 21.5 Å². The number of nitrogens with zero attached hydrogens (tertiary/aromatic N) is 2. The van der Waals surface area contributed by atoms with Gasteiger partial charge in [-0.15, -0.1) is 11.8 Å². The van der Waals surface area contributed by atoms with Crippen molar-refractivity contribution in [3.63, 3.8) is 0 Å². The Bertz CT molecular complexity index is 852. The standard InChI is InChI=1S/C18H14F2N2O2S/c19-14-4-7-17(16(20)10-14)25-12-18(23)24-11-13-2-5-15(6-3-13)22-9-1-8-21-22/h1-10H,11-12H2. The molecule has 128 valence electrons. The van der Waals surface area contributed by atoms with Crippen LogP contribution in [0.2, 0.25) is 0 Å². The first-order chi connectivity index (χ1) is 12.1. The quantitative estimate of drug-likeness (QED) is 0.493. The topological polar surface area (TPSA) is 44.1 Å². The zero-order valence-corrected chi connectivity index (χ0v) is 13.9. The van der Waals surface area contributed by atoms with Gasteiger partial charge in [-0.25, -0.2) is 13.5 Å². The molecule has 25 heavy (non-hydrogen) atoms. The first kappa shape index (κ1) is 17.2. The van der Waals surface area contributed by atoms with Gasteiger partial charge in [-0.1, -0.05) is 12.1 Å². The highest BCUT2D eigenvalue weighted by Gasteiger charge is 2.09. The van der Waals surface area contributed by atoms with Gasteiger partial charge in [-0.2, -0.15) is 5.10 Å². The fourth-order valence-corrected chi connectivity index (χ4v) is 2.82. The lowest BCUT2D eigenvalue weighted by atomic mass is 10.2. The average molecular weight is 360 g/mol. The van der Waals surface area contributed by atoms with E-state index in [-0.39, 0.29) is 17.3 Å². The second-order valence-electron chi connectivity index (χ2n) is 5.14. The Hall–Kier alpha value is -2.67. The van der Waals surface area contributed by atoms with Crippen LogP contribution in [0.5, 0.6) is 0 Å². The second-order valence-corrected chi connectivity index (χ2v) is 6.16. The van der Waals surface area contributed by atoms with Crippen molar-refractivity contribution in [2.24, 2.45) is 0 Å². The van der Waals surface area contributed by atoms with E-state index in [1.807, 2.05) is 36.5 Å². The highest BCUT2D eigenvalue weighted by atomic mass is 32.2. The van der Waals surface area contributed by atoms with E-state index in [4.69, 9.17) is 4.74 Å². The summed E-state index contributed by atoms with van der Waals surface area (Å²) in [7, 11) is 0. The fourth-order valence-electron chi connectivity index (χ4n) is 2.10. The molecule has 4 nitrogen and oxygen atoms in total. The van der Waals surface area contributed by atoms with Crippen LogP contribution in [0.4, 0.5) is 8.78 Å². The third-order valence-electron chi connectivity index (χ3n) is 3.34. The molecule has 0 amide bonds. The Morgan fingerprint density at radius 2 is 1.96 bits per heavy atom. The van der Waals surface area contributed by atoms with Crippen molar-refractivity contribution in [1.29, 1.82) is 0 Å². The maximum absolute atomic E-state index is 13.5. The molecule has 0 aliphatic carbocycles. The van der Waals surface area contributed by atoms with Crippen LogP contribution >= 0.6 is 11.8 Å². The lowest BCUT2D eigenvalue weighted by Crippen LogP contribution is -2.07. The van der Waals surface area contributed by atoms with E-state index in [0.717, 1.165) is 35.1 Å². The molecule has 0 saturated carbocycles. The summed E-state index contributed by atoms with van der Waals surface area (Å²) in [6.45, 7) is 0.130. The van der Waals surface area contributed by atoms with Crippen LogP contribution in [0.1, 0.15) is 5.56 Å². The molecule has 0 bridgehead atoms. The van der Waals surface area contributed by atoms with E-state index in [1.165, 1.54) is 6.07 Å². The van der Waals surface area contributed by atoms with Gasteiger partial charge < -0.3 is 4.74 Å². The van der Waals surface area contributed by atoms with Gasteiger partial charge in [0.05, 0.1) is 11.4 Å². The number of aromatic nitrogens is 2. The second kappa shape index (κ2) is 7.94. The summed E-state index contributed by atoms with van der Waals surface area (Å²) in [6, 6.07) is 12.5. The van der Waals surface area contributed by atoms with Crippen molar-refractivity contribution in [1.82, 2.24) is 9.78 Å². The van der Waals surface area contributed by atoms with Crippen LogP contribution in [0.25, 0.3) is 5.69 Å². The number of ether oxygens (including phenoxy) is 1. The summed E-state index contributed by atoms with van der Waals surface area (Å²) < 4.78 is 33.2. The van der Waals surface area contributed by atoms with Crippen LogP contribution < -0.4 is 0 Å². The van der Waals surface area contributed by atoms with Gasteiger partial charge in [-0.3, -0.25) is 4.79 Å². The average Bonchev–Trinajstić information content (AvgIpc) is 3.14. The lowest BCUT2D eigenvalue weighted by Gasteiger charge is -2.07. The Morgan fingerprint density at radius 1 is 1.16 bits per heavy atom. The van der Waals surface area contributed by atoms with Crippen LogP contribution in [0.3, 0.4) is 0 Å². The van der Waals surface area contributed by atoms with E-state index in [9.17, 15) is 13.6 Å². The van der Waals surface area contributed by atoms with Crippen molar-refractivity contribution in [2.45, 2.75) is 11.5 Å². The first-order valence-electron chi connectivity index (χ1n) is 7.44. The van der Waals surface area contributed by atoms with Gasteiger partial charge in [0.1, 0.15) is 18.2 Å². The van der Waals surface area contributed by atoms with Crippen LogP contribution in [0, 0.1) is 11.6 Å². The van der Waals surface area contributed by atoms with E-state index >= 15 is 0 Å². The fraction of sp³-hybridized carbons (Fsp3) is 0.111. The normalized spacial score (nSPS) is 10.6. The van der Waals surface area contributed by atoms with Gasteiger partial charge in [-0.05, 0) is 35.9 Å². The number of halogens is 2. The summed E-state index contributed by atoms with van der Waals surface area (Å²) in [5, 5.41) is 4.13. The number of esters is 1. The van der Waals surface area contributed by atoms with Gasteiger partial charge in [0, 0.05) is 23.4 Å². The summed E-state index contributed by atoms with van der Waals surface area (Å²) in [5.74, 6) is -1.85. The maximum atomic E-state index is 13.5. The molecule has 0 radical (unpaired) electrons. The molecule has 0 atom stereocenters. The molecule has 1 heterocycles. The Morgan fingerprint density at radius 3 is 2.64 bits per heavy atom.